The summed E-state index contributed by atoms with van der Waals surface area (Å²) in [7, 11) is 0. The smallest absolute Gasteiger partial charge is 0.339 e. The number of esters is 1. The molecule has 1 aromatic carbocycles. The van der Waals surface area contributed by atoms with E-state index in [1.807, 2.05) is 12.1 Å². The minimum atomic E-state index is -0.691. The molecule has 1 aromatic rings. The van der Waals surface area contributed by atoms with Crippen LogP contribution < -0.4 is 5.32 Å². The van der Waals surface area contributed by atoms with Crippen molar-refractivity contribution in [3.63, 3.8) is 0 Å². The van der Waals surface area contributed by atoms with E-state index in [0.29, 0.717) is 18.5 Å². The minimum absolute atomic E-state index is 0.190. The summed E-state index contributed by atoms with van der Waals surface area (Å²) in [5.74, 6) is -0.595. The van der Waals surface area contributed by atoms with Crippen LogP contribution in [-0.2, 0) is 16.0 Å². The second kappa shape index (κ2) is 7.08. The highest BCUT2D eigenvalue weighted by atomic mass is 16.5. The van der Waals surface area contributed by atoms with Gasteiger partial charge in [0.2, 0.25) is 0 Å². The molecule has 1 unspecified atom stereocenters. The van der Waals surface area contributed by atoms with E-state index in [-0.39, 0.29) is 5.91 Å². The monoisotopic (exact) mass is 275 g/mol. The largest absolute Gasteiger partial charge is 0.448 e. The molecular weight excluding hydrogens is 254 g/mol. The first-order valence-electron chi connectivity index (χ1n) is 7.29. The van der Waals surface area contributed by atoms with E-state index in [0.717, 1.165) is 18.4 Å². The molecule has 1 N–H and O–H groups in total. The number of cyclic esters (lactones) is 1. The van der Waals surface area contributed by atoms with Gasteiger partial charge < -0.3 is 10.1 Å². The van der Waals surface area contributed by atoms with E-state index >= 15 is 0 Å². The number of ether oxygens (including phenoxy) is 1. The molecule has 0 aromatic heterocycles. The van der Waals surface area contributed by atoms with Gasteiger partial charge in [-0.15, -0.1) is 0 Å². The number of hydrogen-bond acceptors (Lipinski definition) is 3. The maximum absolute atomic E-state index is 12.0. The van der Waals surface area contributed by atoms with Crippen molar-refractivity contribution < 1.29 is 14.3 Å². The first kappa shape index (κ1) is 14.6. The molecule has 108 valence electrons. The Bertz CT molecular complexity index is 484. The highest BCUT2D eigenvalue weighted by Crippen LogP contribution is 2.20. The molecule has 0 fully saturated rings. The van der Waals surface area contributed by atoms with Crippen molar-refractivity contribution in [2.45, 2.75) is 45.1 Å². The van der Waals surface area contributed by atoms with Gasteiger partial charge in [0.05, 0.1) is 5.56 Å². The molecule has 0 radical (unpaired) electrons. The number of nitrogens with one attached hydrogen (secondary N) is 1. The summed E-state index contributed by atoms with van der Waals surface area (Å²) in [6, 6.07) is 7.28. The highest BCUT2D eigenvalue weighted by Gasteiger charge is 2.30. The average molecular weight is 275 g/mol. The van der Waals surface area contributed by atoms with Gasteiger partial charge in [-0.25, -0.2) is 4.79 Å². The van der Waals surface area contributed by atoms with Crippen LogP contribution in [0.4, 0.5) is 0 Å². The lowest BCUT2D eigenvalue weighted by Gasteiger charge is -2.23. The van der Waals surface area contributed by atoms with E-state index in [1.54, 1.807) is 12.1 Å². The summed E-state index contributed by atoms with van der Waals surface area (Å²) in [4.78, 5) is 23.8. The zero-order valence-electron chi connectivity index (χ0n) is 11.9. The van der Waals surface area contributed by atoms with Crippen LogP contribution in [-0.4, -0.2) is 24.5 Å². The molecule has 1 aliphatic heterocycles. The summed E-state index contributed by atoms with van der Waals surface area (Å²) >= 11 is 0. The van der Waals surface area contributed by atoms with Gasteiger partial charge in [-0.3, -0.25) is 4.79 Å². The normalized spacial score (nSPS) is 17.2. The molecule has 0 saturated carbocycles. The van der Waals surface area contributed by atoms with Crippen LogP contribution in [0.2, 0.25) is 0 Å². The molecule has 4 nitrogen and oxygen atoms in total. The Morgan fingerprint density at radius 2 is 2.10 bits per heavy atom. The standard InChI is InChI=1S/C16H21NO3/c1-2-3-4-7-10-17-15(18)14-11-12-8-5-6-9-13(12)16(19)20-14/h5-6,8-9,14H,2-4,7,10-11H2,1H3,(H,17,18). The molecule has 0 bridgehead atoms. The van der Waals surface area contributed by atoms with Crippen molar-refractivity contribution in [2.75, 3.05) is 6.54 Å². The number of carbonyl (C=O) groups excluding carboxylic acids is 2. The summed E-state index contributed by atoms with van der Waals surface area (Å²) in [5, 5.41) is 2.85. The zero-order valence-corrected chi connectivity index (χ0v) is 11.9. The summed E-state index contributed by atoms with van der Waals surface area (Å²) in [5.41, 5.74) is 1.45. The molecule has 1 amide bonds. The SMILES string of the molecule is CCCCCCNC(=O)C1Cc2ccccc2C(=O)O1. The van der Waals surface area contributed by atoms with Gasteiger partial charge in [-0.2, -0.15) is 0 Å². The van der Waals surface area contributed by atoms with E-state index in [4.69, 9.17) is 4.74 Å². The number of amides is 1. The van der Waals surface area contributed by atoms with Crippen molar-refractivity contribution in [3.8, 4) is 0 Å². The number of hydrogen-bond donors (Lipinski definition) is 1. The lowest BCUT2D eigenvalue weighted by molar-refractivity contribution is -0.130. The molecule has 1 aliphatic rings. The predicted octanol–water partition coefficient (Wildman–Crippen LogP) is 2.46. The van der Waals surface area contributed by atoms with Crippen LogP contribution in [0.15, 0.2) is 24.3 Å². The van der Waals surface area contributed by atoms with Crippen LogP contribution in [0.5, 0.6) is 0 Å². The van der Waals surface area contributed by atoms with Crippen molar-refractivity contribution in [1.82, 2.24) is 5.32 Å². The van der Waals surface area contributed by atoms with Gasteiger partial charge >= 0.3 is 5.97 Å². The van der Waals surface area contributed by atoms with Gasteiger partial charge in [0.1, 0.15) is 0 Å². The van der Waals surface area contributed by atoms with Crippen LogP contribution >= 0.6 is 0 Å². The molecule has 0 aliphatic carbocycles. The fourth-order valence-electron chi connectivity index (χ4n) is 2.35. The number of rotatable bonds is 6. The van der Waals surface area contributed by atoms with Gasteiger partial charge in [0.15, 0.2) is 6.10 Å². The summed E-state index contributed by atoms with van der Waals surface area (Å²) < 4.78 is 5.20. The van der Waals surface area contributed by atoms with Crippen LogP contribution in [0, 0.1) is 0 Å². The van der Waals surface area contributed by atoms with E-state index in [9.17, 15) is 9.59 Å². The summed E-state index contributed by atoms with van der Waals surface area (Å²) in [6.45, 7) is 2.80. The fraction of sp³-hybridized carbons (Fsp3) is 0.500. The third kappa shape index (κ3) is 3.59. The second-order valence-corrected chi connectivity index (χ2v) is 5.11. The lowest BCUT2D eigenvalue weighted by Crippen LogP contribution is -2.42. The van der Waals surface area contributed by atoms with Crippen LogP contribution in [0.25, 0.3) is 0 Å². The molecule has 4 heteroatoms. The van der Waals surface area contributed by atoms with Gasteiger partial charge in [0, 0.05) is 13.0 Å². The Labute approximate surface area is 119 Å². The summed E-state index contributed by atoms with van der Waals surface area (Å²) in [6.07, 6.45) is 4.21. The maximum Gasteiger partial charge on any atom is 0.339 e. The van der Waals surface area contributed by atoms with Crippen molar-refractivity contribution in [3.05, 3.63) is 35.4 Å². The first-order valence-corrected chi connectivity index (χ1v) is 7.29. The molecule has 1 atom stereocenters. The van der Waals surface area contributed by atoms with Crippen molar-refractivity contribution in [2.24, 2.45) is 0 Å². The Balaban J connectivity index is 1.85. The predicted molar refractivity (Wildman–Crippen MR) is 76.5 cm³/mol. The van der Waals surface area contributed by atoms with E-state index in [1.165, 1.54) is 12.8 Å². The molecule has 2 rings (SSSR count). The van der Waals surface area contributed by atoms with Crippen molar-refractivity contribution >= 4 is 11.9 Å². The lowest BCUT2D eigenvalue weighted by atomic mass is 9.98. The average Bonchev–Trinajstić information content (AvgIpc) is 2.47. The maximum atomic E-state index is 12.0. The Morgan fingerprint density at radius 1 is 1.30 bits per heavy atom. The van der Waals surface area contributed by atoms with Crippen molar-refractivity contribution in [1.29, 1.82) is 0 Å². The van der Waals surface area contributed by atoms with Crippen LogP contribution in [0.3, 0.4) is 0 Å². The molecule has 0 saturated heterocycles. The minimum Gasteiger partial charge on any atom is -0.448 e. The quantitative estimate of drug-likeness (QED) is 0.641. The topological polar surface area (TPSA) is 55.4 Å². The first-order chi connectivity index (χ1) is 9.72. The number of fused-ring (bicyclic) bond motifs is 1. The Hall–Kier alpha value is -1.84. The van der Waals surface area contributed by atoms with E-state index < -0.39 is 12.1 Å². The number of unbranched alkanes of at least 4 members (excludes halogenated alkanes) is 3. The molecule has 1 heterocycles. The fourth-order valence-corrected chi connectivity index (χ4v) is 2.35. The van der Waals surface area contributed by atoms with Gasteiger partial charge in [0.25, 0.3) is 5.91 Å². The second-order valence-electron chi connectivity index (χ2n) is 5.11. The molecular formula is C16H21NO3. The molecule has 20 heavy (non-hydrogen) atoms. The van der Waals surface area contributed by atoms with Gasteiger partial charge in [-0.1, -0.05) is 44.4 Å². The Kier molecular flexibility index (Phi) is 5.16. The highest BCUT2D eigenvalue weighted by molar-refractivity contribution is 5.95. The van der Waals surface area contributed by atoms with E-state index in [2.05, 4.69) is 12.2 Å². The third-order valence-corrected chi connectivity index (χ3v) is 3.51. The van der Waals surface area contributed by atoms with Crippen LogP contribution in [0.1, 0.15) is 48.5 Å². The Morgan fingerprint density at radius 3 is 2.90 bits per heavy atom. The van der Waals surface area contributed by atoms with Gasteiger partial charge in [-0.05, 0) is 18.1 Å². The number of benzene rings is 1. The number of carbonyl (C=O) groups is 2. The zero-order chi connectivity index (χ0) is 14.4. The molecule has 0 spiro atoms. The third-order valence-electron chi connectivity index (χ3n) is 3.51.